The minimum Gasteiger partial charge on any atom is -0.444 e. The normalized spacial score (nSPS) is 20.7. The Morgan fingerprint density at radius 1 is 0.907 bits per heavy atom. The molecule has 3 atom stereocenters. The van der Waals surface area contributed by atoms with Crippen LogP contribution in [-0.4, -0.2) is 57.9 Å². The maximum atomic E-state index is 13.9. The summed E-state index contributed by atoms with van der Waals surface area (Å²) < 4.78 is 59.1. The Kier molecular flexibility index (Phi) is 8.43. The third kappa shape index (κ3) is 6.65. The van der Waals surface area contributed by atoms with E-state index in [1.54, 1.807) is 24.0 Å². The van der Waals surface area contributed by atoms with Crippen LogP contribution in [0.3, 0.4) is 0 Å². The van der Waals surface area contributed by atoms with Gasteiger partial charge in [-0.2, -0.15) is 13.2 Å². The molecule has 3 aromatic rings. The lowest BCUT2D eigenvalue weighted by Gasteiger charge is -2.53. The van der Waals surface area contributed by atoms with Crippen LogP contribution in [0, 0.1) is 18.7 Å². The van der Waals surface area contributed by atoms with Crippen LogP contribution in [0.25, 0.3) is 0 Å². The Morgan fingerprint density at radius 2 is 1.60 bits per heavy atom. The first-order valence-corrected chi connectivity index (χ1v) is 13.9. The number of carbonyl (C=O) groups is 3. The van der Waals surface area contributed by atoms with E-state index >= 15 is 0 Å². The Hall–Kier alpha value is -4.41. The van der Waals surface area contributed by atoms with Crippen LogP contribution in [0.1, 0.15) is 34.7 Å². The molecule has 0 aliphatic carbocycles. The first kappa shape index (κ1) is 30.1. The minimum absolute atomic E-state index is 0.0110. The molecule has 226 valence electrons. The van der Waals surface area contributed by atoms with Gasteiger partial charge in [0.15, 0.2) is 0 Å². The molecule has 11 heteroatoms. The summed E-state index contributed by atoms with van der Waals surface area (Å²) in [6.45, 7) is 3.03. The van der Waals surface area contributed by atoms with E-state index in [9.17, 15) is 31.9 Å². The zero-order chi connectivity index (χ0) is 30.9. The predicted octanol–water partition coefficient (Wildman–Crippen LogP) is 5.55. The van der Waals surface area contributed by atoms with E-state index in [2.05, 4.69) is 0 Å². The van der Waals surface area contributed by atoms with Crippen LogP contribution >= 0.6 is 0 Å². The Balaban J connectivity index is 1.43. The fraction of sp³-hybridized carbons (Fsp3) is 0.344. The van der Waals surface area contributed by atoms with Gasteiger partial charge in [-0.25, -0.2) is 9.18 Å². The van der Waals surface area contributed by atoms with E-state index in [4.69, 9.17) is 4.74 Å². The molecule has 3 aromatic carbocycles. The summed E-state index contributed by atoms with van der Waals surface area (Å²) >= 11 is 0. The zero-order valence-corrected chi connectivity index (χ0v) is 23.7. The molecule has 2 saturated heterocycles. The van der Waals surface area contributed by atoms with Crippen molar-refractivity contribution in [2.75, 3.05) is 13.1 Å². The largest absolute Gasteiger partial charge is 0.444 e. The van der Waals surface area contributed by atoms with Gasteiger partial charge < -0.3 is 14.5 Å². The third-order valence-electron chi connectivity index (χ3n) is 7.76. The second kappa shape index (κ2) is 12.1. The van der Waals surface area contributed by atoms with E-state index in [-0.39, 0.29) is 43.4 Å². The van der Waals surface area contributed by atoms with Gasteiger partial charge in [0.25, 0.3) is 0 Å². The van der Waals surface area contributed by atoms with Gasteiger partial charge in [-0.3, -0.25) is 14.5 Å². The first-order chi connectivity index (χ1) is 20.4. The number of rotatable bonds is 6. The highest BCUT2D eigenvalue weighted by molar-refractivity contribution is 5.91. The average molecular weight is 598 g/mol. The van der Waals surface area contributed by atoms with Gasteiger partial charge in [0, 0.05) is 19.5 Å². The summed E-state index contributed by atoms with van der Waals surface area (Å²) in [6.07, 6.45) is -6.12. The van der Waals surface area contributed by atoms with Gasteiger partial charge in [0.1, 0.15) is 24.6 Å². The summed E-state index contributed by atoms with van der Waals surface area (Å²) in [4.78, 5) is 45.3. The van der Waals surface area contributed by atoms with Crippen LogP contribution in [-0.2, 0) is 40.1 Å². The second-order valence-corrected chi connectivity index (χ2v) is 11.1. The Morgan fingerprint density at radius 3 is 2.28 bits per heavy atom. The second-order valence-electron chi connectivity index (χ2n) is 11.1. The summed E-state index contributed by atoms with van der Waals surface area (Å²) in [7, 11) is 0. The maximum Gasteiger partial charge on any atom is 0.416 e. The standard InChI is InChI=1S/C32H31F4N3O4/c1-20-12-24(14-25(13-20)32(34,35)36)19-43-31(42)38-16-21(2)29(40)39-27(15-22-8-10-26(33)11-9-22)30(41)37(18-28(38)39)17-23-6-4-3-5-7-23/h3-14,21,27-28H,15-19H2,1-2H3/t21-,27-,28+/m0/s1. The van der Waals surface area contributed by atoms with Gasteiger partial charge in [-0.1, -0.05) is 61.0 Å². The molecule has 0 radical (unpaired) electrons. The molecule has 0 N–H and O–H groups in total. The predicted molar refractivity (Wildman–Crippen MR) is 149 cm³/mol. The van der Waals surface area contributed by atoms with Gasteiger partial charge in [-0.05, 0) is 47.9 Å². The van der Waals surface area contributed by atoms with Gasteiger partial charge in [-0.15, -0.1) is 0 Å². The monoisotopic (exact) mass is 597 g/mol. The SMILES string of the molecule is Cc1cc(COC(=O)N2C[C@H](C)C(=O)N3[C@@H]2CN(Cc2ccccc2)C(=O)[C@@H]3Cc2ccc(F)cc2)cc(C(F)(F)F)c1. The summed E-state index contributed by atoms with van der Waals surface area (Å²) in [5.74, 6) is -1.71. The summed E-state index contributed by atoms with van der Waals surface area (Å²) in [6, 6.07) is 17.4. The molecular formula is C32H31F4N3O4. The van der Waals surface area contributed by atoms with Crippen molar-refractivity contribution in [1.29, 1.82) is 0 Å². The van der Waals surface area contributed by atoms with E-state index in [0.29, 0.717) is 11.1 Å². The number of amides is 3. The number of alkyl halides is 3. The molecule has 7 nitrogen and oxygen atoms in total. The molecule has 0 bridgehead atoms. The number of piperazine rings is 1. The molecule has 5 rings (SSSR count). The number of hydrogen-bond acceptors (Lipinski definition) is 4. The third-order valence-corrected chi connectivity index (χ3v) is 7.76. The maximum absolute atomic E-state index is 13.9. The summed E-state index contributed by atoms with van der Waals surface area (Å²) in [5, 5.41) is 0. The Labute approximate surface area is 246 Å². The fourth-order valence-corrected chi connectivity index (χ4v) is 5.72. The van der Waals surface area contributed by atoms with Crippen molar-refractivity contribution < 1.29 is 36.7 Å². The van der Waals surface area contributed by atoms with Gasteiger partial charge in [0.05, 0.1) is 18.0 Å². The number of carbonyl (C=O) groups excluding carboxylic acids is 3. The molecule has 2 aliphatic heterocycles. The summed E-state index contributed by atoms with van der Waals surface area (Å²) in [5.41, 5.74) is 1.20. The highest BCUT2D eigenvalue weighted by Crippen LogP contribution is 2.33. The number of hydrogen-bond donors (Lipinski definition) is 0. The number of fused-ring (bicyclic) bond motifs is 1. The number of nitrogens with zero attached hydrogens (tertiary/aromatic N) is 3. The van der Waals surface area contributed by atoms with Crippen molar-refractivity contribution in [1.82, 2.24) is 14.7 Å². The van der Waals surface area contributed by atoms with Crippen molar-refractivity contribution in [2.24, 2.45) is 5.92 Å². The molecule has 2 heterocycles. The number of ether oxygens (including phenoxy) is 1. The zero-order valence-electron chi connectivity index (χ0n) is 23.7. The lowest BCUT2D eigenvalue weighted by Crippen LogP contribution is -2.73. The molecule has 2 aliphatic rings. The van der Waals surface area contributed by atoms with Gasteiger partial charge >= 0.3 is 12.3 Å². The molecule has 2 fully saturated rings. The van der Waals surface area contributed by atoms with E-state index < -0.39 is 48.4 Å². The fourth-order valence-electron chi connectivity index (χ4n) is 5.72. The molecule has 43 heavy (non-hydrogen) atoms. The highest BCUT2D eigenvalue weighted by Gasteiger charge is 2.51. The van der Waals surface area contributed by atoms with Crippen molar-refractivity contribution in [3.05, 3.63) is 106 Å². The number of aryl methyl sites for hydroxylation is 1. The topological polar surface area (TPSA) is 70.2 Å². The average Bonchev–Trinajstić information content (AvgIpc) is 2.96. The molecule has 3 amide bonds. The Bertz CT molecular complexity index is 1500. The van der Waals surface area contributed by atoms with Crippen molar-refractivity contribution >= 4 is 17.9 Å². The number of benzene rings is 3. The molecule has 0 saturated carbocycles. The first-order valence-electron chi connectivity index (χ1n) is 13.9. The molecule has 0 aromatic heterocycles. The van der Waals surface area contributed by atoms with E-state index in [0.717, 1.165) is 17.7 Å². The quantitative estimate of drug-likeness (QED) is 0.350. The molecular weight excluding hydrogens is 566 g/mol. The minimum atomic E-state index is -4.55. The number of halogens is 4. The van der Waals surface area contributed by atoms with Crippen LogP contribution in [0.4, 0.5) is 22.4 Å². The van der Waals surface area contributed by atoms with E-state index in [1.165, 1.54) is 34.9 Å². The molecule has 0 spiro atoms. The van der Waals surface area contributed by atoms with Gasteiger partial charge in [0.2, 0.25) is 11.8 Å². The lowest BCUT2D eigenvalue weighted by molar-refractivity contribution is -0.172. The van der Waals surface area contributed by atoms with Crippen LogP contribution in [0.15, 0.2) is 72.8 Å². The smallest absolute Gasteiger partial charge is 0.416 e. The molecule has 0 unspecified atom stereocenters. The lowest BCUT2D eigenvalue weighted by atomic mass is 9.94. The van der Waals surface area contributed by atoms with Crippen LogP contribution in [0.5, 0.6) is 0 Å². The van der Waals surface area contributed by atoms with E-state index in [1.807, 2.05) is 30.3 Å². The van der Waals surface area contributed by atoms with Crippen LogP contribution in [0.2, 0.25) is 0 Å². The van der Waals surface area contributed by atoms with Crippen molar-refractivity contribution in [2.45, 2.75) is 51.8 Å². The van der Waals surface area contributed by atoms with Crippen molar-refractivity contribution in [3.8, 4) is 0 Å². The van der Waals surface area contributed by atoms with Crippen LogP contribution < -0.4 is 0 Å². The highest BCUT2D eigenvalue weighted by atomic mass is 19.4. The van der Waals surface area contributed by atoms with Crippen molar-refractivity contribution in [3.63, 3.8) is 0 Å².